The Morgan fingerprint density at radius 2 is 2.11 bits per heavy atom. The molecule has 1 atom stereocenters. The van der Waals surface area contributed by atoms with E-state index in [1.54, 1.807) is 4.90 Å². The van der Waals surface area contributed by atoms with Crippen LogP contribution < -0.4 is 0 Å². The SMILES string of the molecule is CN1CC(=O)N(CC(=O)N2CCCCC2CO)C1=O. The summed E-state index contributed by atoms with van der Waals surface area (Å²) in [6.07, 6.45) is 2.65. The summed E-state index contributed by atoms with van der Waals surface area (Å²) in [5, 5.41) is 9.27. The van der Waals surface area contributed by atoms with Crippen LogP contribution in [0, 0.1) is 0 Å². The number of aliphatic hydroxyl groups excluding tert-OH is 1. The van der Waals surface area contributed by atoms with E-state index in [0.29, 0.717) is 6.54 Å². The molecule has 2 aliphatic rings. The van der Waals surface area contributed by atoms with Crippen LogP contribution in [0.25, 0.3) is 0 Å². The number of likely N-dealkylation sites (N-methyl/N-ethyl adjacent to an activating group) is 1. The second-order valence-corrected chi connectivity index (χ2v) is 5.04. The average molecular weight is 269 g/mol. The Balaban J connectivity index is 2.00. The molecule has 0 bridgehead atoms. The summed E-state index contributed by atoms with van der Waals surface area (Å²) in [5.41, 5.74) is 0. The molecule has 0 radical (unpaired) electrons. The van der Waals surface area contributed by atoms with E-state index in [1.807, 2.05) is 0 Å². The summed E-state index contributed by atoms with van der Waals surface area (Å²) in [6.45, 7) is 0.303. The van der Waals surface area contributed by atoms with Gasteiger partial charge in [0.25, 0.3) is 5.91 Å². The molecule has 1 N–H and O–H groups in total. The lowest BCUT2D eigenvalue weighted by Gasteiger charge is -2.35. The van der Waals surface area contributed by atoms with Crippen molar-refractivity contribution < 1.29 is 19.5 Å². The molecule has 0 aliphatic carbocycles. The van der Waals surface area contributed by atoms with Crippen LogP contribution in [0.3, 0.4) is 0 Å². The lowest BCUT2D eigenvalue weighted by Crippen LogP contribution is -2.50. The Hall–Kier alpha value is -1.63. The fraction of sp³-hybridized carbons (Fsp3) is 0.750. The van der Waals surface area contributed by atoms with Crippen LogP contribution >= 0.6 is 0 Å². The number of piperidine rings is 1. The molecule has 2 fully saturated rings. The highest BCUT2D eigenvalue weighted by Gasteiger charge is 2.37. The summed E-state index contributed by atoms with van der Waals surface area (Å²) >= 11 is 0. The summed E-state index contributed by atoms with van der Waals surface area (Å²) < 4.78 is 0. The fourth-order valence-electron chi connectivity index (χ4n) is 2.57. The van der Waals surface area contributed by atoms with Crippen molar-refractivity contribution in [2.24, 2.45) is 0 Å². The van der Waals surface area contributed by atoms with Crippen LogP contribution in [0.2, 0.25) is 0 Å². The predicted molar refractivity (Wildman–Crippen MR) is 66.2 cm³/mol. The standard InChI is InChI=1S/C12H19N3O4/c1-13-6-10(17)15(12(13)19)7-11(18)14-5-3-2-4-9(14)8-16/h9,16H,2-8H2,1H3. The number of hydrogen-bond donors (Lipinski definition) is 1. The zero-order valence-corrected chi connectivity index (χ0v) is 11.0. The van der Waals surface area contributed by atoms with Gasteiger partial charge in [-0.3, -0.25) is 14.5 Å². The molecule has 2 heterocycles. The van der Waals surface area contributed by atoms with E-state index < -0.39 is 6.03 Å². The number of amides is 4. The number of aliphatic hydroxyl groups is 1. The zero-order valence-electron chi connectivity index (χ0n) is 11.0. The molecule has 2 saturated heterocycles. The topological polar surface area (TPSA) is 81.2 Å². The molecule has 4 amide bonds. The molecule has 0 aromatic heterocycles. The van der Waals surface area contributed by atoms with Crippen LogP contribution in [0.4, 0.5) is 4.79 Å². The molecule has 7 nitrogen and oxygen atoms in total. The summed E-state index contributed by atoms with van der Waals surface area (Å²) in [5.74, 6) is -0.617. The van der Waals surface area contributed by atoms with Gasteiger partial charge in [-0.05, 0) is 19.3 Å². The second-order valence-electron chi connectivity index (χ2n) is 5.04. The van der Waals surface area contributed by atoms with Gasteiger partial charge in [0.05, 0.1) is 12.6 Å². The minimum absolute atomic E-state index is 0.0234. The molecule has 1 unspecified atom stereocenters. The normalized spacial score (nSPS) is 24.3. The van der Waals surface area contributed by atoms with Gasteiger partial charge in [-0.15, -0.1) is 0 Å². The number of imide groups is 1. The van der Waals surface area contributed by atoms with Gasteiger partial charge in [0, 0.05) is 13.6 Å². The van der Waals surface area contributed by atoms with E-state index in [0.717, 1.165) is 24.2 Å². The van der Waals surface area contributed by atoms with Gasteiger partial charge in [-0.1, -0.05) is 0 Å². The van der Waals surface area contributed by atoms with Gasteiger partial charge >= 0.3 is 6.03 Å². The van der Waals surface area contributed by atoms with Crippen molar-refractivity contribution in [3.8, 4) is 0 Å². The monoisotopic (exact) mass is 269 g/mol. The van der Waals surface area contributed by atoms with Crippen molar-refractivity contribution in [3.05, 3.63) is 0 Å². The zero-order chi connectivity index (χ0) is 14.0. The molecule has 0 aromatic rings. The van der Waals surface area contributed by atoms with Crippen molar-refractivity contribution in [3.63, 3.8) is 0 Å². The maximum atomic E-state index is 12.2. The Morgan fingerprint density at radius 1 is 1.37 bits per heavy atom. The third kappa shape index (κ3) is 2.70. The molecule has 0 aromatic carbocycles. The predicted octanol–water partition coefficient (Wildman–Crippen LogP) is -0.746. The molecule has 2 rings (SSSR count). The van der Waals surface area contributed by atoms with Gasteiger partial charge in [0.15, 0.2) is 0 Å². The third-order valence-electron chi connectivity index (χ3n) is 3.68. The van der Waals surface area contributed by atoms with Crippen molar-refractivity contribution in [1.29, 1.82) is 0 Å². The molecule has 0 saturated carbocycles. The molecule has 0 spiro atoms. The number of hydrogen-bond acceptors (Lipinski definition) is 4. The largest absolute Gasteiger partial charge is 0.394 e. The Labute approximate surface area is 111 Å². The van der Waals surface area contributed by atoms with Gasteiger partial charge in [0.1, 0.15) is 13.1 Å². The number of rotatable bonds is 3. The van der Waals surface area contributed by atoms with Gasteiger partial charge in [-0.25, -0.2) is 4.79 Å². The van der Waals surface area contributed by atoms with Crippen molar-refractivity contribution in [2.45, 2.75) is 25.3 Å². The third-order valence-corrected chi connectivity index (χ3v) is 3.68. The van der Waals surface area contributed by atoms with Crippen molar-refractivity contribution in [2.75, 3.05) is 33.3 Å². The van der Waals surface area contributed by atoms with Crippen LogP contribution in [0.5, 0.6) is 0 Å². The highest BCUT2D eigenvalue weighted by Crippen LogP contribution is 2.17. The molecule has 106 valence electrons. The lowest BCUT2D eigenvalue weighted by molar-refractivity contribution is -0.140. The summed E-state index contributed by atoms with van der Waals surface area (Å²) in [4.78, 5) is 39.3. The molecule has 2 aliphatic heterocycles. The smallest absolute Gasteiger partial charge is 0.327 e. The maximum absolute atomic E-state index is 12.2. The van der Waals surface area contributed by atoms with Crippen molar-refractivity contribution in [1.82, 2.24) is 14.7 Å². The average Bonchev–Trinajstić information content (AvgIpc) is 2.65. The van der Waals surface area contributed by atoms with Gasteiger partial charge in [-0.2, -0.15) is 0 Å². The fourth-order valence-corrected chi connectivity index (χ4v) is 2.57. The van der Waals surface area contributed by atoms with E-state index in [9.17, 15) is 19.5 Å². The Kier molecular flexibility index (Phi) is 4.04. The molecular formula is C12H19N3O4. The number of urea groups is 1. The lowest BCUT2D eigenvalue weighted by atomic mass is 10.0. The Bertz CT molecular complexity index is 398. The highest BCUT2D eigenvalue weighted by molar-refractivity contribution is 6.04. The van der Waals surface area contributed by atoms with E-state index >= 15 is 0 Å². The van der Waals surface area contributed by atoms with Gasteiger partial charge in [0.2, 0.25) is 5.91 Å². The number of nitrogens with zero attached hydrogens (tertiary/aromatic N) is 3. The van der Waals surface area contributed by atoms with Gasteiger partial charge < -0.3 is 14.9 Å². The van der Waals surface area contributed by atoms with E-state index in [2.05, 4.69) is 0 Å². The van der Waals surface area contributed by atoms with Crippen molar-refractivity contribution >= 4 is 17.8 Å². The molecular weight excluding hydrogens is 250 g/mol. The second kappa shape index (κ2) is 5.56. The first-order valence-electron chi connectivity index (χ1n) is 6.50. The first-order chi connectivity index (χ1) is 9.04. The number of likely N-dealkylation sites (tertiary alicyclic amines) is 1. The summed E-state index contributed by atoms with van der Waals surface area (Å²) in [6, 6.07) is -0.623. The molecule has 19 heavy (non-hydrogen) atoms. The van der Waals surface area contributed by atoms with E-state index in [4.69, 9.17) is 0 Å². The summed E-state index contributed by atoms with van der Waals surface area (Å²) in [7, 11) is 1.53. The maximum Gasteiger partial charge on any atom is 0.327 e. The number of carbonyl (C=O) groups is 3. The quantitative estimate of drug-likeness (QED) is 0.684. The number of carbonyl (C=O) groups excluding carboxylic acids is 3. The first-order valence-corrected chi connectivity index (χ1v) is 6.50. The van der Waals surface area contributed by atoms with Crippen LogP contribution in [0.15, 0.2) is 0 Å². The van der Waals surface area contributed by atoms with Crippen LogP contribution in [-0.4, -0.2) is 77.0 Å². The Morgan fingerprint density at radius 3 is 2.68 bits per heavy atom. The first kappa shape index (κ1) is 13.8. The highest BCUT2D eigenvalue weighted by atomic mass is 16.3. The van der Waals surface area contributed by atoms with E-state index in [-0.39, 0.29) is 37.6 Å². The van der Waals surface area contributed by atoms with E-state index in [1.165, 1.54) is 11.9 Å². The minimum atomic E-state index is -0.434. The molecule has 7 heteroatoms. The van der Waals surface area contributed by atoms with Crippen LogP contribution in [-0.2, 0) is 9.59 Å². The van der Waals surface area contributed by atoms with Crippen LogP contribution in [0.1, 0.15) is 19.3 Å². The minimum Gasteiger partial charge on any atom is -0.394 e.